The van der Waals surface area contributed by atoms with Crippen molar-refractivity contribution in [2.24, 2.45) is 5.92 Å². The maximum Gasteiger partial charge on any atom is 0.435 e. The van der Waals surface area contributed by atoms with E-state index in [2.05, 4.69) is 32.1 Å². The highest BCUT2D eigenvalue weighted by Crippen LogP contribution is 2.68. The number of carbonyl (C=O) groups is 1. The van der Waals surface area contributed by atoms with Crippen LogP contribution in [0.3, 0.4) is 0 Å². The van der Waals surface area contributed by atoms with Gasteiger partial charge in [-0.3, -0.25) is 18.9 Å². The molecule has 5 aromatic rings. The van der Waals surface area contributed by atoms with Gasteiger partial charge >= 0.3 is 12.4 Å². The zero-order valence-electron chi connectivity index (χ0n) is 35.3. The fourth-order valence-corrected chi connectivity index (χ4v) is 9.77. The van der Waals surface area contributed by atoms with Gasteiger partial charge in [0.25, 0.3) is 5.92 Å². The Labute approximate surface area is 380 Å². The molecule has 3 aliphatic rings. The molecule has 0 saturated heterocycles. The number of amides is 1. The molecule has 25 heteroatoms. The summed E-state index contributed by atoms with van der Waals surface area (Å²) in [6.07, 6.45) is -8.68. The van der Waals surface area contributed by atoms with Crippen LogP contribution in [0.2, 0.25) is 5.02 Å². The first-order valence-corrected chi connectivity index (χ1v) is 24.3. The van der Waals surface area contributed by atoms with Crippen molar-refractivity contribution in [3.63, 3.8) is 0 Å². The third kappa shape index (κ3) is 9.17. The van der Waals surface area contributed by atoms with Crippen LogP contribution in [0.15, 0.2) is 30.3 Å². The molecular weight excluding hydrogens is 972 g/mol. The molecule has 0 aliphatic heterocycles. The van der Waals surface area contributed by atoms with Gasteiger partial charge in [0.15, 0.2) is 21.3 Å². The quantitative estimate of drug-likeness (QED) is 0.0992. The largest absolute Gasteiger partial charge is 0.435 e. The standard InChI is InChI=1S/C42H36ClF10N7O5S2/c1-39(2,66(3,62)63)11-10-28-22-6-5-7-23(22)31(24-8-9-27(43)33-35(24)60(18-40(46,47)48)57-38(33)58-67(4,64)65)34(55-28)29(14-19-12-20(44)15-21(45)13-19)54-30(61)17-59-37-32(36(56-59)42(51,52)53)25-16-26(25)41(37,49)50/h8-9,12-13,15,25-26,29H,5-7,14,16-18H2,1-4H3,(H,54,61)(H,57,58)/t25-,26?,29-/m0/s1. The van der Waals surface area contributed by atoms with E-state index >= 15 is 8.78 Å². The van der Waals surface area contributed by atoms with E-state index in [0.29, 0.717) is 34.6 Å². The van der Waals surface area contributed by atoms with Crippen molar-refractivity contribution in [2.45, 2.75) is 94.0 Å². The number of alkyl halides is 8. The summed E-state index contributed by atoms with van der Waals surface area (Å²) < 4.78 is 198. The van der Waals surface area contributed by atoms with Gasteiger partial charge in [-0.2, -0.15) is 45.3 Å². The molecule has 0 radical (unpaired) electrons. The Balaban J connectivity index is 1.39. The summed E-state index contributed by atoms with van der Waals surface area (Å²) in [6.45, 7) is -0.435. The monoisotopic (exact) mass is 1010 g/mol. The number of nitrogens with one attached hydrogen (secondary N) is 2. The normalized spacial score (nSPS) is 18.3. The van der Waals surface area contributed by atoms with Gasteiger partial charge in [0.1, 0.15) is 40.9 Å². The first kappa shape index (κ1) is 48.1. The van der Waals surface area contributed by atoms with Crippen LogP contribution >= 0.6 is 11.6 Å². The predicted molar refractivity (Wildman–Crippen MR) is 223 cm³/mol. The number of anilines is 1. The number of halogens is 11. The van der Waals surface area contributed by atoms with Crippen molar-refractivity contribution < 1.29 is 65.5 Å². The van der Waals surface area contributed by atoms with Crippen molar-refractivity contribution in [3.05, 3.63) is 92.0 Å². The van der Waals surface area contributed by atoms with E-state index in [0.717, 1.165) is 18.4 Å². The van der Waals surface area contributed by atoms with E-state index in [4.69, 9.17) is 16.6 Å². The number of sulfonamides is 1. The topological polar surface area (TPSA) is 158 Å². The van der Waals surface area contributed by atoms with Crippen LogP contribution in [0, 0.1) is 29.4 Å². The number of hydrogen-bond acceptors (Lipinski definition) is 8. The second kappa shape index (κ2) is 16.1. The summed E-state index contributed by atoms with van der Waals surface area (Å²) in [7, 11) is -8.08. The molecule has 2 N–H and O–H groups in total. The lowest BCUT2D eigenvalue weighted by Gasteiger charge is -2.25. The summed E-state index contributed by atoms with van der Waals surface area (Å²) in [5.41, 5.74) is -3.87. The van der Waals surface area contributed by atoms with Crippen molar-refractivity contribution in [1.29, 1.82) is 0 Å². The Hall–Kier alpha value is -5.41. The number of nitrogens with zero attached hydrogens (tertiary/aromatic N) is 5. The highest BCUT2D eigenvalue weighted by Gasteiger charge is 2.68. The molecule has 1 fully saturated rings. The SMILES string of the molecule is CC(C)(C#Cc1nc([C@H](Cc2cc(F)cc(F)c2)NC(=O)Cn2nc(C(F)(F)F)c3c2C(F)(F)C2C[C@H]32)c(-c2ccc(Cl)c3c(NS(C)(=O)=O)nn(CC(F)(F)F)c23)c2c1CCC2)S(C)(=O)=O. The third-order valence-corrected chi connectivity index (χ3v) is 14.8. The first-order valence-electron chi connectivity index (χ1n) is 20.2. The number of hydrogen-bond donors (Lipinski definition) is 2. The summed E-state index contributed by atoms with van der Waals surface area (Å²) in [4.78, 5) is 19.0. The van der Waals surface area contributed by atoms with Crippen LogP contribution in [-0.4, -0.2) is 70.7 Å². The van der Waals surface area contributed by atoms with Gasteiger partial charge in [0.2, 0.25) is 15.9 Å². The maximum atomic E-state index is 15.6. The van der Waals surface area contributed by atoms with Gasteiger partial charge in [-0.05, 0) is 92.7 Å². The Morgan fingerprint density at radius 1 is 0.970 bits per heavy atom. The van der Waals surface area contributed by atoms with Crippen molar-refractivity contribution in [1.82, 2.24) is 29.9 Å². The van der Waals surface area contributed by atoms with Crippen LogP contribution in [0.5, 0.6) is 0 Å². The molecule has 1 saturated carbocycles. The van der Waals surface area contributed by atoms with Gasteiger partial charge in [-0.25, -0.2) is 30.6 Å². The zero-order chi connectivity index (χ0) is 49.1. The minimum Gasteiger partial charge on any atom is -0.346 e. The van der Waals surface area contributed by atoms with Crippen LogP contribution in [0.25, 0.3) is 22.0 Å². The molecule has 358 valence electrons. The van der Waals surface area contributed by atoms with E-state index < -0.39 is 126 Å². The molecular formula is C42H36ClF10N7O5S2. The number of aromatic nitrogens is 5. The number of rotatable bonds is 11. The molecule has 12 nitrogen and oxygen atoms in total. The summed E-state index contributed by atoms with van der Waals surface area (Å²) in [5.74, 6) is -5.01. The van der Waals surface area contributed by atoms with Gasteiger partial charge in [-0.15, -0.1) is 0 Å². The van der Waals surface area contributed by atoms with Crippen molar-refractivity contribution >= 4 is 54.1 Å². The average Bonchev–Trinajstić information content (AvgIpc) is 3.38. The second-order valence-electron chi connectivity index (χ2n) is 17.3. The molecule has 3 aliphatic carbocycles. The molecule has 8 rings (SSSR count). The first-order chi connectivity index (χ1) is 30.8. The van der Waals surface area contributed by atoms with Gasteiger partial charge in [-0.1, -0.05) is 23.6 Å². The number of sulfone groups is 1. The van der Waals surface area contributed by atoms with E-state index in [1.54, 1.807) is 0 Å². The highest BCUT2D eigenvalue weighted by atomic mass is 35.5. The Morgan fingerprint density at radius 2 is 1.63 bits per heavy atom. The number of fused-ring (bicyclic) bond motifs is 5. The van der Waals surface area contributed by atoms with Crippen molar-refractivity contribution in [2.75, 3.05) is 17.2 Å². The third-order valence-electron chi connectivity index (χ3n) is 11.9. The van der Waals surface area contributed by atoms with Gasteiger partial charge in [0, 0.05) is 34.9 Å². The van der Waals surface area contributed by atoms with Crippen LogP contribution in [0.1, 0.15) is 83.7 Å². The van der Waals surface area contributed by atoms with E-state index in [1.165, 1.54) is 26.0 Å². The maximum absolute atomic E-state index is 15.6. The molecule has 0 spiro atoms. The van der Waals surface area contributed by atoms with Gasteiger partial charge < -0.3 is 5.32 Å². The van der Waals surface area contributed by atoms with Crippen LogP contribution in [0.4, 0.5) is 49.7 Å². The fourth-order valence-electron chi connectivity index (χ4n) is 8.80. The van der Waals surface area contributed by atoms with Crippen LogP contribution in [-0.2, 0) is 69.1 Å². The summed E-state index contributed by atoms with van der Waals surface area (Å²) in [6, 6.07) is 3.07. The lowest BCUT2D eigenvalue weighted by atomic mass is 9.88. The Kier molecular flexibility index (Phi) is 11.6. The second-order valence-corrected chi connectivity index (χ2v) is 22.0. The van der Waals surface area contributed by atoms with Gasteiger partial charge in [0.05, 0.1) is 33.9 Å². The minimum absolute atomic E-state index is 0.0375. The highest BCUT2D eigenvalue weighted by molar-refractivity contribution is 7.92. The number of pyridine rings is 1. The summed E-state index contributed by atoms with van der Waals surface area (Å²) in [5, 5.41) is 9.30. The average molecular weight is 1010 g/mol. The number of benzene rings is 2. The number of carbonyl (C=O) groups excluding carboxylic acids is 1. The molecule has 3 heterocycles. The molecule has 1 amide bonds. The fraction of sp³-hybridized carbons (Fsp3) is 0.429. The Bertz CT molecular complexity index is 3190. The Morgan fingerprint density at radius 3 is 2.24 bits per heavy atom. The molecule has 3 atom stereocenters. The molecule has 0 bridgehead atoms. The lowest BCUT2D eigenvalue weighted by Crippen LogP contribution is -2.35. The summed E-state index contributed by atoms with van der Waals surface area (Å²) >= 11 is 6.57. The predicted octanol–water partition coefficient (Wildman–Crippen LogP) is 8.15. The zero-order valence-corrected chi connectivity index (χ0v) is 37.7. The molecule has 3 aromatic heterocycles. The molecule has 1 unspecified atom stereocenters. The van der Waals surface area contributed by atoms with Crippen molar-refractivity contribution in [3.8, 4) is 23.0 Å². The molecule has 2 aromatic carbocycles. The molecule has 67 heavy (non-hydrogen) atoms. The van der Waals surface area contributed by atoms with E-state index in [1.807, 2.05) is 0 Å². The lowest BCUT2D eigenvalue weighted by molar-refractivity contribution is -0.142. The smallest absolute Gasteiger partial charge is 0.346 e. The van der Waals surface area contributed by atoms with E-state index in [9.17, 15) is 56.8 Å². The van der Waals surface area contributed by atoms with E-state index in [-0.39, 0.29) is 62.4 Å². The minimum atomic E-state index is -5.19. The van der Waals surface area contributed by atoms with Crippen LogP contribution < -0.4 is 10.0 Å².